The SMILES string of the molecule is Cc1cnc(C)c(-c2cccc(-c3ccc(C4(c5ccccc5)c5ccccc5-c5ccccc54)cc3-c3nc(-c4ccccc4)nc(-c4ccc(-c5ccccc5)cc4)n3)c2)c1. The molecule has 0 aliphatic heterocycles. The third kappa shape index (κ3) is 6.64. The summed E-state index contributed by atoms with van der Waals surface area (Å²) in [6.07, 6.45) is 1.93. The van der Waals surface area contributed by atoms with Crippen LogP contribution in [0.1, 0.15) is 33.5 Å². The van der Waals surface area contributed by atoms with Gasteiger partial charge in [0.2, 0.25) is 0 Å². The van der Waals surface area contributed by atoms with Gasteiger partial charge in [0.1, 0.15) is 0 Å². The van der Waals surface area contributed by atoms with Crippen LogP contribution in [0.15, 0.2) is 219 Å². The fraction of sp³-hybridized carbons (Fsp3) is 0.0508. The second-order valence-electron chi connectivity index (χ2n) is 16.3. The molecule has 10 aromatic rings. The molecular formula is C59H42N4. The van der Waals surface area contributed by atoms with E-state index in [1.165, 1.54) is 27.8 Å². The molecule has 0 amide bonds. The van der Waals surface area contributed by atoms with E-state index in [1.54, 1.807) is 0 Å². The van der Waals surface area contributed by atoms with E-state index in [4.69, 9.17) is 19.9 Å². The van der Waals surface area contributed by atoms with Crippen molar-refractivity contribution in [1.82, 2.24) is 19.9 Å². The van der Waals surface area contributed by atoms with Crippen molar-refractivity contribution < 1.29 is 0 Å². The average Bonchev–Trinajstić information content (AvgIpc) is 3.66. The molecule has 0 radical (unpaired) electrons. The molecule has 0 saturated carbocycles. The lowest BCUT2D eigenvalue weighted by atomic mass is 9.67. The average molecular weight is 807 g/mol. The summed E-state index contributed by atoms with van der Waals surface area (Å²) < 4.78 is 0. The van der Waals surface area contributed by atoms with E-state index in [0.717, 1.165) is 66.9 Å². The fourth-order valence-corrected chi connectivity index (χ4v) is 9.49. The highest BCUT2D eigenvalue weighted by Crippen LogP contribution is 2.56. The first kappa shape index (κ1) is 37.9. The summed E-state index contributed by atoms with van der Waals surface area (Å²) in [6.45, 7) is 4.17. The normalized spacial score (nSPS) is 12.4. The van der Waals surface area contributed by atoms with Crippen molar-refractivity contribution in [1.29, 1.82) is 0 Å². The van der Waals surface area contributed by atoms with E-state index in [0.29, 0.717) is 17.5 Å². The first-order valence-electron chi connectivity index (χ1n) is 21.5. The Bertz CT molecular complexity index is 3240. The van der Waals surface area contributed by atoms with Crippen molar-refractivity contribution >= 4 is 0 Å². The Labute approximate surface area is 368 Å². The number of benzene rings is 8. The zero-order chi connectivity index (χ0) is 42.3. The number of aryl methyl sites for hydroxylation is 2. The summed E-state index contributed by atoms with van der Waals surface area (Å²) >= 11 is 0. The number of pyridine rings is 1. The Morgan fingerprint density at radius 1 is 0.317 bits per heavy atom. The molecule has 2 aromatic heterocycles. The Hall–Kier alpha value is -8.08. The molecular weight excluding hydrogens is 765 g/mol. The second-order valence-corrected chi connectivity index (χ2v) is 16.3. The van der Waals surface area contributed by atoms with Crippen molar-refractivity contribution in [2.45, 2.75) is 19.3 Å². The minimum atomic E-state index is -0.612. The maximum absolute atomic E-state index is 5.41. The van der Waals surface area contributed by atoms with Gasteiger partial charge in [-0.1, -0.05) is 194 Å². The minimum absolute atomic E-state index is 0.601. The van der Waals surface area contributed by atoms with Crippen LogP contribution >= 0.6 is 0 Å². The maximum Gasteiger partial charge on any atom is 0.164 e. The van der Waals surface area contributed by atoms with Crippen LogP contribution in [0.3, 0.4) is 0 Å². The van der Waals surface area contributed by atoms with Gasteiger partial charge in [0.15, 0.2) is 17.5 Å². The zero-order valence-electron chi connectivity index (χ0n) is 35.1. The van der Waals surface area contributed by atoms with Gasteiger partial charge in [-0.25, -0.2) is 15.0 Å². The molecule has 1 aliphatic carbocycles. The molecule has 4 nitrogen and oxygen atoms in total. The lowest BCUT2D eigenvalue weighted by Crippen LogP contribution is -2.28. The first-order chi connectivity index (χ1) is 31.0. The topological polar surface area (TPSA) is 51.6 Å². The fourth-order valence-electron chi connectivity index (χ4n) is 9.49. The zero-order valence-corrected chi connectivity index (χ0v) is 35.1. The quantitative estimate of drug-likeness (QED) is 0.153. The monoisotopic (exact) mass is 806 g/mol. The van der Waals surface area contributed by atoms with Crippen molar-refractivity contribution in [3.05, 3.63) is 252 Å². The number of aromatic nitrogens is 4. The molecule has 1 aliphatic rings. The van der Waals surface area contributed by atoms with Crippen LogP contribution in [0.4, 0.5) is 0 Å². The van der Waals surface area contributed by atoms with E-state index < -0.39 is 5.41 Å². The molecule has 0 N–H and O–H groups in total. The summed E-state index contributed by atoms with van der Waals surface area (Å²) in [5, 5.41) is 0. The van der Waals surface area contributed by atoms with Crippen LogP contribution in [0.25, 0.3) is 78.7 Å². The predicted octanol–water partition coefficient (Wildman–Crippen LogP) is 14.2. The first-order valence-corrected chi connectivity index (χ1v) is 21.5. The Morgan fingerprint density at radius 3 is 1.46 bits per heavy atom. The molecule has 0 spiro atoms. The van der Waals surface area contributed by atoms with Crippen LogP contribution in [0.5, 0.6) is 0 Å². The Balaban J connectivity index is 1.19. The number of hydrogen-bond acceptors (Lipinski definition) is 4. The summed E-state index contributed by atoms with van der Waals surface area (Å²) in [7, 11) is 0. The second kappa shape index (κ2) is 15.7. The third-order valence-electron chi connectivity index (χ3n) is 12.5. The van der Waals surface area contributed by atoms with Gasteiger partial charge < -0.3 is 0 Å². The standard InChI is InChI=1S/C59H42N4/c1-39-35-52(40(2)60-38-39)46-22-16-21-45(36-46)49-34-33-48(59(47-23-10-5-11-24-47)54-27-14-12-25-50(54)51-26-13-15-28-55(51)59)37-53(49)58-62-56(43-19-8-4-9-20-43)61-57(63-58)44-31-29-42(30-32-44)41-17-6-3-7-18-41/h3-38H,1-2H3. The van der Waals surface area contributed by atoms with Crippen LogP contribution in [-0.4, -0.2) is 19.9 Å². The van der Waals surface area contributed by atoms with Crippen molar-refractivity contribution in [2.24, 2.45) is 0 Å². The van der Waals surface area contributed by atoms with E-state index in [9.17, 15) is 0 Å². The van der Waals surface area contributed by atoms with Crippen LogP contribution in [0, 0.1) is 13.8 Å². The number of rotatable bonds is 8. The van der Waals surface area contributed by atoms with Gasteiger partial charge in [-0.2, -0.15) is 0 Å². The van der Waals surface area contributed by atoms with Gasteiger partial charge in [-0.15, -0.1) is 0 Å². The summed E-state index contributed by atoms with van der Waals surface area (Å²) in [4.78, 5) is 20.7. The highest BCUT2D eigenvalue weighted by Gasteiger charge is 2.46. The molecule has 2 heterocycles. The van der Waals surface area contributed by atoms with Crippen LogP contribution in [-0.2, 0) is 5.41 Å². The van der Waals surface area contributed by atoms with E-state index in [1.807, 2.05) is 30.5 Å². The third-order valence-corrected chi connectivity index (χ3v) is 12.5. The number of fused-ring (bicyclic) bond motifs is 3. The van der Waals surface area contributed by atoms with E-state index in [-0.39, 0.29) is 0 Å². The highest BCUT2D eigenvalue weighted by atomic mass is 15.0. The van der Waals surface area contributed by atoms with Crippen molar-refractivity contribution in [2.75, 3.05) is 0 Å². The lowest BCUT2D eigenvalue weighted by molar-refractivity contribution is 0.768. The molecule has 298 valence electrons. The minimum Gasteiger partial charge on any atom is -0.261 e. The summed E-state index contributed by atoms with van der Waals surface area (Å²) in [6, 6.07) is 75.8. The van der Waals surface area contributed by atoms with E-state index in [2.05, 4.69) is 202 Å². The lowest BCUT2D eigenvalue weighted by Gasteiger charge is -2.34. The molecule has 11 rings (SSSR count). The van der Waals surface area contributed by atoms with Gasteiger partial charge in [-0.3, -0.25) is 4.98 Å². The molecule has 0 saturated heterocycles. The van der Waals surface area contributed by atoms with Crippen molar-refractivity contribution in [3.8, 4) is 78.7 Å². The van der Waals surface area contributed by atoms with Gasteiger partial charge in [0, 0.05) is 34.1 Å². The van der Waals surface area contributed by atoms with Crippen LogP contribution in [0.2, 0.25) is 0 Å². The molecule has 0 bridgehead atoms. The Morgan fingerprint density at radius 2 is 0.810 bits per heavy atom. The molecule has 8 aromatic carbocycles. The van der Waals surface area contributed by atoms with Crippen LogP contribution < -0.4 is 0 Å². The van der Waals surface area contributed by atoms with Gasteiger partial charge in [0.25, 0.3) is 0 Å². The van der Waals surface area contributed by atoms with Crippen molar-refractivity contribution in [3.63, 3.8) is 0 Å². The van der Waals surface area contributed by atoms with Gasteiger partial charge in [0.05, 0.1) is 5.41 Å². The number of hydrogen-bond donors (Lipinski definition) is 0. The summed E-state index contributed by atoms with van der Waals surface area (Å²) in [5.41, 5.74) is 18.2. The van der Waals surface area contributed by atoms with Gasteiger partial charge >= 0.3 is 0 Å². The Kier molecular flexibility index (Phi) is 9.47. The molecule has 0 atom stereocenters. The molecule has 63 heavy (non-hydrogen) atoms. The highest BCUT2D eigenvalue weighted by molar-refractivity contribution is 5.89. The number of nitrogens with zero attached hydrogens (tertiary/aromatic N) is 4. The largest absolute Gasteiger partial charge is 0.261 e. The predicted molar refractivity (Wildman–Crippen MR) is 257 cm³/mol. The smallest absolute Gasteiger partial charge is 0.164 e. The van der Waals surface area contributed by atoms with E-state index >= 15 is 0 Å². The summed E-state index contributed by atoms with van der Waals surface area (Å²) in [5.74, 6) is 1.83. The molecule has 0 unspecified atom stereocenters. The molecule has 0 fully saturated rings. The van der Waals surface area contributed by atoms with Gasteiger partial charge in [-0.05, 0) is 98.8 Å². The molecule has 4 heteroatoms. The maximum atomic E-state index is 5.41.